The molecule has 0 aliphatic heterocycles. The molecule has 0 unspecified atom stereocenters. The van der Waals surface area contributed by atoms with Gasteiger partial charge < -0.3 is 9.51 Å². The lowest BCUT2D eigenvalue weighted by Crippen LogP contribution is -2.18. The van der Waals surface area contributed by atoms with Gasteiger partial charge in [0.15, 0.2) is 5.82 Å². The van der Waals surface area contributed by atoms with Crippen molar-refractivity contribution in [2.24, 2.45) is 0 Å². The summed E-state index contributed by atoms with van der Waals surface area (Å²) in [5.41, 5.74) is 3.31. The standard InChI is InChI=1S/C20H21N5O/c1-25(13-19-21-16-9-5-6-10-17(16)22-19)14-20-23-18(24-26-20)12-11-15-7-3-2-4-8-15/h2-10H,11-14H2,1H3,(H,21,22). The van der Waals surface area contributed by atoms with Crippen molar-refractivity contribution >= 4 is 11.0 Å². The van der Waals surface area contributed by atoms with E-state index in [1.54, 1.807) is 0 Å². The van der Waals surface area contributed by atoms with Crippen LogP contribution in [0.2, 0.25) is 0 Å². The maximum atomic E-state index is 5.39. The van der Waals surface area contributed by atoms with Crippen molar-refractivity contribution in [1.29, 1.82) is 0 Å². The summed E-state index contributed by atoms with van der Waals surface area (Å²) < 4.78 is 5.39. The Hall–Kier alpha value is -2.99. The maximum Gasteiger partial charge on any atom is 0.240 e. The van der Waals surface area contributed by atoms with Gasteiger partial charge in [-0.15, -0.1) is 0 Å². The molecule has 132 valence electrons. The van der Waals surface area contributed by atoms with Crippen LogP contribution < -0.4 is 0 Å². The van der Waals surface area contributed by atoms with Crippen LogP contribution in [0.25, 0.3) is 11.0 Å². The molecule has 4 rings (SSSR count). The van der Waals surface area contributed by atoms with Gasteiger partial charge in [-0.05, 0) is 31.2 Å². The van der Waals surface area contributed by atoms with Gasteiger partial charge in [0.25, 0.3) is 0 Å². The molecule has 1 N–H and O–H groups in total. The van der Waals surface area contributed by atoms with E-state index < -0.39 is 0 Å². The zero-order valence-electron chi connectivity index (χ0n) is 14.7. The maximum absolute atomic E-state index is 5.39. The molecule has 4 aromatic rings. The van der Waals surface area contributed by atoms with Crippen LogP contribution >= 0.6 is 0 Å². The average Bonchev–Trinajstić information content (AvgIpc) is 3.26. The van der Waals surface area contributed by atoms with E-state index in [0.717, 1.165) is 35.5 Å². The van der Waals surface area contributed by atoms with Crippen molar-refractivity contribution in [3.8, 4) is 0 Å². The quantitative estimate of drug-likeness (QED) is 0.555. The third kappa shape index (κ3) is 3.97. The first-order valence-electron chi connectivity index (χ1n) is 8.74. The number of H-pyrrole nitrogens is 1. The van der Waals surface area contributed by atoms with Crippen molar-refractivity contribution < 1.29 is 4.52 Å². The summed E-state index contributed by atoms with van der Waals surface area (Å²) in [5.74, 6) is 2.31. The third-order valence-corrected chi connectivity index (χ3v) is 4.25. The highest BCUT2D eigenvalue weighted by Gasteiger charge is 2.11. The first-order valence-corrected chi connectivity index (χ1v) is 8.74. The van der Waals surface area contributed by atoms with Crippen LogP contribution in [-0.4, -0.2) is 32.1 Å². The zero-order valence-corrected chi connectivity index (χ0v) is 14.7. The molecule has 0 bridgehead atoms. The number of aryl methyl sites for hydroxylation is 2. The molecule has 2 heterocycles. The van der Waals surface area contributed by atoms with Crippen molar-refractivity contribution in [1.82, 2.24) is 25.0 Å². The van der Waals surface area contributed by atoms with Crippen LogP contribution in [0.1, 0.15) is 23.1 Å². The van der Waals surface area contributed by atoms with Gasteiger partial charge in [0.05, 0.1) is 24.1 Å². The van der Waals surface area contributed by atoms with Crippen LogP contribution in [0.5, 0.6) is 0 Å². The van der Waals surface area contributed by atoms with E-state index >= 15 is 0 Å². The topological polar surface area (TPSA) is 70.8 Å². The second-order valence-corrected chi connectivity index (χ2v) is 6.46. The molecule has 2 aromatic carbocycles. The molecule has 2 aromatic heterocycles. The van der Waals surface area contributed by atoms with Gasteiger partial charge in [-0.1, -0.05) is 47.6 Å². The summed E-state index contributed by atoms with van der Waals surface area (Å²) in [6.45, 7) is 1.28. The highest BCUT2D eigenvalue weighted by atomic mass is 16.5. The monoisotopic (exact) mass is 347 g/mol. The van der Waals surface area contributed by atoms with Crippen molar-refractivity contribution in [3.05, 3.63) is 77.7 Å². The molecular formula is C20H21N5O. The van der Waals surface area contributed by atoms with Crippen molar-refractivity contribution in [2.45, 2.75) is 25.9 Å². The van der Waals surface area contributed by atoms with E-state index in [1.165, 1.54) is 5.56 Å². The number of imidazole rings is 1. The Morgan fingerprint density at radius 1 is 0.923 bits per heavy atom. The fourth-order valence-electron chi connectivity index (χ4n) is 2.98. The number of fused-ring (bicyclic) bond motifs is 1. The Bertz CT molecular complexity index is 943. The highest BCUT2D eigenvalue weighted by molar-refractivity contribution is 5.74. The van der Waals surface area contributed by atoms with E-state index in [4.69, 9.17) is 4.52 Å². The van der Waals surface area contributed by atoms with Gasteiger partial charge in [0.2, 0.25) is 5.89 Å². The summed E-state index contributed by atoms with van der Waals surface area (Å²) >= 11 is 0. The lowest BCUT2D eigenvalue weighted by atomic mass is 10.1. The number of nitrogens with zero attached hydrogens (tertiary/aromatic N) is 4. The fourth-order valence-corrected chi connectivity index (χ4v) is 2.98. The average molecular weight is 347 g/mol. The summed E-state index contributed by atoms with van der Waals surface area (Å²) in [5, 5.41) is 4.09. The largest absolute Gasteiger partial charge is 0.341 e. The minimum Gasteiger partial charge on any atom is -0.341 e. The predicted molar refractivity (Wildman–Crippen MR) is 99.4 cm³/mol. The number of hydrogen-bond donors (Lipinski definition) is 1. The lowest BCUT2D eigenvalue weighted by molar-refractivity contribution is 0.256. The molecule has 0 radical (unpaired) electrons. The molecule has 0 amide bonds. The molecule has 6 heteroatoms. The Kier molecular flexibility index (Phi) is 4.75. The Balaban J connectivity index is 1.33. The van der Waals surface area contributed by atoms with Crippen LogP contribution in [0.15, 0.2) is 59.1 Å². The minimum atomic E-state index is 0.593. The highest BCUT2D eigenvalue weighted by Crippen LogP contribution is 2.12. The molecule has 0 spiro atoms. The molecule has 0 atom stereocenters. The zero-order chi connectivity index (χ0) is 17.8. The molecule has 0 saturated carbocycles. The van der Waals surface area contributed by atoms with Crippen LogP contribution in [0.4, 0.5) is 0 Å². The molecule has 0 aliphatic carbocycles. The molecule has 0 fully saturated rings. The van der Waals surface area contributed by atoms with Crippen LogP contribution in [0, 0.1) is 0 Å². The van der Waals surface area contributed by atoms with Crippen LogP contribution in [0.3, 0.4) is 0 Å². The number of aromatic amines is 1. The summed E-state index contributed by atoms with van der Waals surface area (Å²) in [6, 6.07) is 18.4. The number of hydrogen-bond acceptors (Lipinski definition) is 5. The van der Waals surface area contributed by atoms with E-state index in [1.807, 2.05) is 49.5 Å². The number of rotatable bonds is 7. The van der Waals surface area contributed by atoms with E-state index in [-0.39, 0.29) is 0 Å². The van der Waals surface area contributed by atoms with Gasteiger partial charge in [0, 0.05) is 6.42 Å². The summed E-state index contributed by atoms with van der Waals surface area (Å²) in [6.07, 6.45) is 1.69. The van der Waals surface area contributed by atoms with Crippen molar-refractivity contribution in [3.63, 3.8) is 0 Å². The van der Waals surface area contributed by atoms with Gasteiger partial charge >= 0.3 is 0 Å². The Morgan fingerprint density at radius 2 is 1.73 bits per heavy atom. The van der Waals surface area contributed by atoms with E-state index in [0.29, 0.717) is 19.0 Å². The second-order valence-electron chi connectivity index (χ2n) is 6.46. The Labute approximate surface area is 151 Å². The molecule has 0 saturated heterocycles. The normalized spacial score (nSPS) is 11.5. The Morgan fingerprint density at radius 3 is 2.58 bits per heavy atom. The molecule has 0 aliphatic rings. The van der Waals surface area contributed by atoms with Crippen LogP contribution in [-0.2, 0) is 25.9 Å². The summed E-state index contributed by atoms with van der Waals surface area (Å²) in [7, 11) is 2.01. The first kappa shape index (κ1) is 16.5. The van der Waals surface area contributed by atoms with Gasteiger partial charge in [-0.2, -0.15) is 4.98 Å². The second kappa shape index (κ2) is 7.49. The number of nitrogens with one attached hydrogen (secondary N) is 1. The molecule has 26 heavy (non-hydrogen) atoms. The number of para-hydroxylation sites is 2. The fraction of sp³-hybridized carbons (Fsp3) is 0.250. The number of aromatic nitrogens is 4. The summed E-state index contributed by atoms with van der Waals surface area (Å²) in [4.78, 5) is 14.5. The van der Waals surface area contributed by atoms with Crippen molar-refractivity contribution in [2.75, 3.05) is 7.05 Å². The smallest absolute Gasteiger partial charge is 0.240 e. The predicted octanol–water partition coefficient (Wildman–Crippen LogP) is 3.36. The van der Waals surface area contributed by atoms with E-state index in [2.05, 4.69) is 37.1 Å². The van der Waals surface area contributed by atoms with Gasteiger partial charge in [0.1, 0.15) is 5.82 Å². The minimum absolute atomic E-state index is 0.593. The molecular weight excluding hydrogens is 326 g/mol. The first-order chi connectivity index (χ1) is 12.8. The lowest BCUT2D eigenvalue weighted by Gasteiger charge is -2.11. The van der Waals surface area contributed by atoms with E-state index in [9.17, 15) is 0 Å². The van der Waals surface area contributed by atoms with Gasteiger partial charge in [-0.3, -0.25) is 4.90 Å². The van der Waals surface area contributed by atoms with Gasteiger partial charge in [-0.25, -0.2) is 4.98 Å². The number of benzene rings is 2. The SMILES string of the molecule is CN(Cc1nc2ccccc2[nH]1)Cc1nc(CCc2ccccc2)no1. The third-order valence-electron chi connectivity index (χ3n) is 4.25. The molecule has 6 nitrogen and oxygen atoms in total.